The molecule has 0 aromatic carbocycles. The van der Waals surface area contributed by atoms with Crippen LogP contribution in [0.4, 0.5) is 0 Å². The topological polar surface area (TPSA) is 82.8 Å². The van der Waals surface area contributed by atoms with Crippen LogP contribution in [0, 0.1) is 12.8 Å². The predicted molar refractivity (Wildman–Crippen MR) is 81.3 cm³/mol. The third-order valence-electron chi connectivity index (χ3n) is 4.56. The van der Waals surface area contributed by atoms with Crippen molar-refractivity contribution >= 4 is 11.8 Å². The average Bonchev–Trinajstić information content (AvgIpc) is 3.13. The van der Waals surface area contributed by atoms with Crippen molar-refractivity contribution in [3.63, 3.8) is 0 Å². The Balaban J connectivity index is 1.49. The monoisotopic (exact) mass is 321 g/mol. The maximum atomic E-state index is 12.6. The number of likely N-dealkylation sites (tertiary alicyclic amines) is 1. The molecule has 2 fully saturated rings. The number of hydrogen-bond donors (Lipinski definition) is 0. The molecule has 8 nitrogen and oxygen atoms in total. The van der Waals surface area contributed by atoms with E-state index in [0.717, 1.165) is 13.1 Å². The lowest BCUT2D eigenvalue weighted by Crippen LogP contribution is -2.50. The van der Waals surface area contributed by atoms with Crippen molar-refractivity contribution in [2.75, 3.05) is 39.3 Å². The number of aromatic nitrogens is 2. The van der Waals surface area contributed by atoms with Crippen molar-refractivity contribution in [2.24, 2.45) is 5.92 Å². The number of carbonyl (C=O) groups is 2. The highest BCUT2D eigenvalue weighted by molar-refractivity contribution is 5.89. The minimum atomic E-state index is -0.172. The Morgan fingerprint density at radius 3 is 2.61 bits per heavy atom. The van der Waals surface area contributed by atoms with Crippen LogP contribution in [0.25, 0.3) is 0 Å². The summed E-state index contributed by atoms with van der Waals surface area (Å²) in [6, 6.07) is 0. The Morgan fingerprint density at radius 2 is 2.04 bits per heavy atom. The molecule has 23 heavy (non-hydrogen) atoms. The first kappa shape index (κ1) is 15.9. The summed E-state index contributed by atoms with van der Waals surface area (Å²) in [5.74, 6) is 1.29. The highest BCUT2D eigenvalue weighted by Gasteiger charge is 2.36. The molecule has 0 N–H and O–H groups in total. The smallest absolute Gasteiger partial charge is 0.228 e. The summed E-state index contributed by atoms with van der Waals surface area (Å²) in [4.78, 5) is 34.4. The molecule has 1 atom stereocenters. The first-order chi connectivity index (χ1) is 11.1. The standard InChI is InChI=1S/C15H23N5O3/c1-3-19-9-12(8-14(19)21)15(22)20-6-4-18(5-7-20)10-13-16-11(2)23-17-13/h12H,3-10H2,1-2H3/t12-/m0/s1. The fourth-order valence-corrected chi connectivity index (χ4v) is 3.23. The minimum Gasteiger partial charge on any atom is -0.342 e. The minimum absolute atomic E-state index is 0.0944. The molecule has 2 aliphatic rings. The summed E-state index contributed by atoms with van der Waals surface area (Å²) in [5.41, 5.74) is 0. The SMILES string of the molecule is CCN1C[C@@H](C(=O)N2CCN(Cc3noc(C)n3)CC2)CC1=O. The maximum absolute atomic E-state index is 12.6. The normalized spacial score (nSPS) is 22.9. The molecule has 2 aliphatic heterocycles. The zero-order valence-corrected chi connectivity index (χ0v) is 13.7. The highest BCUT2D eigenvalue weighted by Crippen LogP contribution is 2.20. The lowest BCUT2D eigenvalue weighted by atomic mass is 10.1. The van der Waals surface area contributed by atoms with E-state index in [0.29, 0.717) is 50.9 Å². The fraction of sp³-hybridized carbons (Fsp3) is 0.733. The van der Waals surface area contributed by atoms with Gasteiger partial charge in [-0.1, -0.05) is 5.16 Å². The van der Waals surface area contributed by atoms with Gasteiger partial charge in [-0.3, -0.25) is 14.5 Å². The molecule has 0 bridgehead atoms. The molecule has 0 aliphatic carbocycles. The van der Waals surface area contributed by atoms with E-state index in [-0.39, 0.29) is 17.7 Å². The summed E-state index contributed by atoms with van der Waals surface area (Å²) < 4.78 is 4.97. The van der Waals surface area contributed by atoms with Gasteiger partial charge in [-0.25, -0.2) is 0 Å². The van der Waals surface area contributed by atoms with Gasteiger partial charge in [0, 0.05) is 52.6 Å². The van der Waals surface area contributed by atoms with Gasteiger partial charge in [0.05, 0.1) is 12.5 Å². The van der Waals surface area contributed by atoms with Crippen LogP contribution in [0.2, 0.25) is 0 Å². The number of rotatable bonds is 4. The molecule has 2 saturated heterocycles. The van der Waals surface area contributed by atoms with Gasteiger partial charge in [0.2, 0.25) is 17.7 Å². The highest BCUT2D eigenvalue weighted by atomic mass is 16.5. The Morgan fingerprint density at radius 1 is 1.30 bits per heavy atom. The van der Waals surface area contributed by atoms with E-state index in [2.05, 4.69) is 15.0 Å². The maximum Gasteiger partial charge on any atom is 0.228 e. The van der Waals surface area contributed by atoms with E-state index in [9.17, 15) is 9.59 Å². The Bertz CT molecular complexity index is 579. The van der Waals surface area contributed by atoms with Crippen molar-refractivity contribution in [2.45, 2.75) is 26.8 Å². The molecule has 2 amide bonds. The zero-order chi connectivity index (χ0) is 16.4. The van der Waals surface area contributed by atoms with Crippen molar-refractivity contribution < 1.29 is 14.1 Å². The van der Waals surface area contributed by atoms with Crippen LogP contribution < -0.4 is 0 Å². The summed E-state index contributed by atoms with van der Waals surface area (Å²) in [5, 5.41) is 3.90. The fourth-order valence-electron chi connectivity index (χ4n) is 3.23. The van der Waals surface area contributed by atoms with Gasteiger partial charge in [0.25, 0.3) is 0 Å². The van der Waals surface area contributed by atoms with Crippen LogP contribution in [0.15, 0.2) is 4.52 Å². The van der Waals surface area contributed by atoms with Gasteiger partial charge < -0.3 is 14.3 Å². The summed E-state index contributed by atoms with van der Waals surface area (Å²) >= 11 is 0. The molecule has 3 heterocycles. The lowest BCUT2D eigenvalue weighted by Gasteiger charge is -2.35. The molecular formula is C15H23N5O3. The van der Waals surface area contributed by atoms with Gasteiger partial charge in [-0.2, -0.15) is 4.98 Å². The number of carbonyl (C=O) groups excluding carboxylic acids is 2. The third kappa shape index (κ3) is 3.52. The molecule has 1 aromatic heterocycles. The van der Waals surface area contributed by atoms with E-state index in [1.807, 2.05) is 11.8 Å². The molecule has 1 aromatic rings. The summed E-state index contributed by atoms with van der Waals surface area (Å²) in [6.45, 7) is 8.56. The molecule has 0 radical (unpaired) electrons. The first-order valence-corrected chi connectivity index (χ1v) is 8.15. The van der Waals surface area contributed by atoms with Crippen LogP contribution in [0.3, 0.4) is 0 Å². The third-order valence-corrected chi connectivity index (χ3v) is 4.56. The molecule has 8 heteroatoms. The largest absolute Gasteiger partial charge is 0.342 e. The van der Waals surface area contributed by atoms with E-state index >= 15 is 0 Å². The first-order valence-electron chi connectivity index (χ1n) is 8.15. The molecule has 0 spiro atoms. The van der Waals surface area contributed by atoms with Crippen molar-refractivity contribution in [3.8, 4) is 0 Å². The molecule has 126 valence electrons. The van der Waals surface area contributed by atoms with Gasteiger partial charge >= 0.3 is 0 Å². The number of amides is 2. The van der Waals surface area contributed by atoms with Crippen LogP contribution >= 0.6 is 0 Å². The number of aryl methyl sites for hydroxylation is 1. The number of nitrogens with zero attached hydrogens (tertiary/aromatic N) is 5. The molecule has 3 rings (SSSR count). The average molecular weight is 321 g/mol. The van der Waals surface area contributed by atoms with E-state index in [1.165, 1.54) is 0 Å². The van der Waals surface area contributed by atoms with Crippen molar-refractivity contribution in [1.29, 1.82) is 0 Å². The van der Waals surface area contributed by atoms with Crippen LogP contribution in [-0.2, 0) is 16.1 Å². The van der Waals surface area contributed by atoms with E-state index in [4.69, 9.17) is 4.52 Å². The van der Waals surface area contributed by atoms with Gasteiger partial charge in [-0.05, 0) is 6.92 Å². The van der Waals surface area contributed by atoms with E-state index < -0.39 is 0 Å². The van der Waals surface area contributed by atoms with E-state index in [1.54, 1.807) is 11.8 Å². The summed E-state index contributed by atoms with van der Waals surface area (Å²) in [6.07, 6.45) is 0.356. The number of piperazine rings is 1. The second-order valence-electron chi connectivity index (χ2n) is 6.16. The Kier molecular flexibility index (Phi) is 4.61. The second kappa shape index (κ2) is 6.66. The number of hydrogen-bond acceptors (Lipinski definition) is 6. The Labute approximate surface area is 135 Å². The molecule has 0 saturated carbocycles. The van der Waals surface area contributed by atoms with Gasteiger partial charge in [-0.15, -0.1) is 0 Å². The zero-order valence-electron chi connectivity index (χ0n) is 13.7. The second-order valence-corrected chi connectivity index (χ2v) is 6.16. The molecular weight excluding hydrogens is 298 g/mol. The quantitative estimate of drug-likeness (QED) is 0.769. The van der Waals surface area contributed by atoms with Gasteiger partial charge in [0.1, 0.15) is 0 Å². The van der Waals surface area contributed by atoms with Crippen LogP contribution in [0.5, 0.6) is 0 Å². The van der Waals surface area contributed by atoms with Crippen molar-refractivity contribution in [1.82, 2.24) is 24.8 Å². The lowest BCUT2D eigenvalue weighted by molar-refractivity contribution is -0.137. The van der Waals surface area contributed by atoms with Crippen LogP contribution in [-0.4, -0.2) is 75.9 Å². The van der Waals surface area contributed by atoms with Crippen LogP contribution in [0.1, 0.15) is 25.1 Å². The molecule has 0 unspecified atom stereocenters. The van der Waals surface area contributed by atoms with Gasteiger partial charge in [0.15, 0.2) is 5.82 Å². The van der Waals surface area contributed by atoms with Crippen molar-refractivity contribution in [3.05, 3.63) is 11.7 Å². The Hall–Kier alpha value is -1.96. The summed E-state index contributed by atoms with van der Waals surface area (Å²) in [7, 11) is 0. The predicted octanol–water partition coefficient (Wildman–Crippen LogP) is -0.109.